The van der Waals surface area contributed by atoms with E-state index in [2.05, 4.69) is 10.3 Å². The summed E-state index contributed by atoms with van der Waals surface area (Å²) in [5, 5.41) is 2.80. The molecule has 1 heterocycles. The lowest BCUT2D eigenvalue weighted by atomic mass is 9.95. The number of rotatable bonds is 2. The van der Waals surface area contributed by atoms with Crippen LogP contribution >= 0.6 is 11.6 Å². The largest absolute Gasteiger partial charge is 0.367 e. The molecule has 2 N–H and O–H groups in total. The zero-order valence-corrected chi connectivity index (χ0v) is 10.2. The number of nitrogens with one attached hydrogen (secondary N) is 2. The lowest BCUT2D eigenvalue weighted by molar-refractivity contribution is 0.0927. The smallest absolute Gasteiger partial charge is 0.257 e. The third-order valence-corrected chi connectivity index (χ3v) is 3.59. The van der Waals surface area contributed by atoms with E-state index in [1.54, 1.807) is 0 Å². The maximum Gasteiger partial charge on any atom is 0.257 e. The molecule has 4 nitrogen and oxygen atoms in total. The summed E-state index contributed by atoms with van der Waals surface area (Å²) in [5.74, 6) is -0.343. The average molecular weight is 255 g/mol. The summed E-state index contributed by atoms with van der Waals surface area (Å²) in [6, 6.07) is 1.31. The van der Waals surface area contributed by atoms with Gasteiger partial charge in [-0.15, -0.1) is 11.6 Å². The van der Waals surface area contributed by atoms with Gasteiger partial charge in [0.05, 0.1) is 5.38 Å². The van der Waals surface area contributed by atoms with E-state index >= 15 is 0 Å². The van der Waals surface area contributed by atoms with Crippen molar-refractivity contribution in [3.05, 3.63) is 34.2 Å². The molecule has 5 heteroatoms. The van der Waals surface area contributed by atoms with Crippen LogP contribution in [0.3, 0.4) is 0 Å². The molecule has 92 valence electrons. The highest BCUT2D eigenvalue weighted by molar-refractivity contribution is 6.21. The fourth-order valence-electron chi connectivity index (χ4n) is 2.09. The summed E-state index contributed by atoms with van der Waals surface area (Å²) in [6.45, 7) is 0. The fourth-order valence-corrected chi connectivity index (χ4v) is 2.43. The van der Waals surface area contributed by atoms with E-state index in [1.807, 2.05) is 0 Å². The number of aromatic nitrogens is 1. The Morgan fingerprint density at radius 3 is 2.88 bits per heavy atom. The molecule has 0 saturated heterocycles. The maximum absolute atomic E-state index is 11.9. The van der Waals surface area contributed by atoms with E-state index in [1.165, 1.54) is 18.5 Å². The van der Waals surface area contributed by atoms with Gasteiger partial charge in [0.25, 0.3) is 5.91 Å². The zero-order chi connectivity index (χ0) is 12.3. The molecule has 2 rings (SSSR count). The van der Waals surface area contributed by atoms with Crippen molar-refractivity contribution in [2.24, 2.45) is 0 Å². The van der Waals surface area contributed by atoms with Gasteiger partial charge < -0.3 is 10.3 Å². The molecule has 1 amide bonds. The Kier molecular flexibility index (Phi) is 3.84. The molecule has 1 aliphatic carbocycles. The molecular weight excluding hydrogens is 240 g/mol. The zero-order valence-electron chi connectivity index (χ0n) is 9.41. The van der Waals surface area contributed by atoms with Gasteiger partial charge in [0.15, 0.2) is 5.43 Å². The van der Waals surface area contributed by atoms with Gasteiger partial charge in [0.1, 0.15) is 5.56 Å². The molecule has 0 radical (unpaired) electrons. The van der Waals surface area contributed by atoms with Crippen molar-refractivity contribution in [2.75, 3.05) is 0 Å². The first kappa shape index (κ1) is 12.2. The van der Waals surface area contributed by atoms with Gasteiger partial charge in [-0.25, -0.2) is 0 Å². The van der Waals surface area contributed by atoms with Crippen LogP contribution in [0.1, 0.15) is 36.0 Å². The SMILES string of the molecule is O=C(NC1CCCCC1Cl)c1c[nH]ccc1=O. The third kappa shape index (κ3) is 2.88. The van der Waals surface area contributed by atoms with Crippen LogP contribution in [0.4, 0.5) is 0 Å². The lowest BCUT2D eigenvalue weighted by Gasteiger charge is -2.27. The first-order chi connectivity index (χ1) is 8.18. The number of carbonyl (C=O) groups excluding carboxylic acids is 1. The summed E-state index contributed by atoms with van der Waals surface area (Å²) >= 11 is 6.15. The van der Waals surface area contributed by atoms with Crippen LogP contribution in [0.2, 0.25) is 0 Å². The quantitative estimate of drug-likeness (QED) is 0.789. The molecular formula is C12H15ClN2O2. The monoisotopic (exact) mass is 254 g/mol. The van der Waals surface area contributed by atoms with Gasteiger partial charge in [-0.3, -0.25) is 9.59 Å². The van der Waals surface area contributed by atoms with E-state index in [4.69, 9.17) is 11.6 Å². The van der Waals surface area contributed by atoms with E-state index in [9.17, 15) is 9.59 Å². The third-order valence-electron chi connectivity index (χ3n) is 3.07. The number of hydrogen-bond donors (Lipinski definition) is 2. The maximum atomic E-state index is 11.9. The second kappa shape index (κ2) is 5.36. The summed E-state index contributed by atoms with van der Waals surface area (Å²) < 4.78 is 0. The number of H-pyrrole nitrogens is 1. The highest BCUT2D eigenvalue weighted by Gasteiger charge is 2.25. The summed E-state index contributed by atoms with van der Waals surface area (Å²) in [5.41, 5.74) is -0.134. The minimum absolute atomic E-state index is 0.0301. The van der Waals surface area contributed by atoms with Crippen molar-refractivity contribution in [1.82, 2.24) is 10.3 Å². The molecule has 0 aromatic carbocycles. The summed E-state index contributed by atoms with van der Waals surface area (Å²) in [4.78, 5) is 26.1. The Balaban J connectivity index is 2.06. The molecule has 1 aromatic heterocycles. The fraction of sp³-hybridized carbons (Fsp3) is 0.500. The Labute approximate surface area is 104 Å². The van der Waals surface area contributed by atoms with E-state index < -0.39 is 0 Å². The van der Waals surface area contributed by atoms with Crippen molar-refractivity contribution in [3.63, 3.8) is 0 Å². The van der Waals surface area contributed by atoms with Crippen molar-refractivity contribution < 1.29 is 4.79 Å². The number of hydrogen-bond acceptors (Lipinski definition) is 2. The minimum atomic E-state index is -0.343. The summed E-state index contributed by atoms with van der Waals surface area (Å²) in [6.07, 6.45) is 6.89. The summed E-state index contributed by atoms with van der Waals surface area (Å²) in [7, 11) is 0. The first-order valence-electron chi connectivity index (χ1n) is 5.80. The predicted octanol–water partition coefficient (Wildman–Crippen LogP) is 1.65. The first-order valence-corrected chi connectivity index (χ1v) is 6.24. The van der Waals surface area contributed by atoms with E-state index in [0.717, 1.165) is 25.7 Å². The van der Waals surface area contributed by atoms with Crippen LogP contribution in [0.15, 0.2) is 23.3 Å². The molecule has 1 aliphatic rings. The number of pyridine rings is 1. The van der Waals surface area contributed by atoms with E-state index in [-0.39, 0.29) is 28.3 Å². The lowest BCUT2D eigenvalue weighted by Crippen LogP contribution is -2.44. The van der Waals surface area contributed by atoms with Crippen LogP contribution in [0.5, 0.6) is 0 Å². The molecule has 1 saturated carbocycles. The molecule has 2 unspecified atom stereocenters. The molecule has 2 atom stereocenters. The number of halogens is 1. The van der Waals surface area contributed by atoms with Crippen molar-refractivity contribution in [1.29, 1.82) is 0 Å². The number of alkyl halides is 1. The van der Waals surface area contributed by atoms with Gasteiger partial charge in [-0.1, -0.05) is 12.8 Å². The number of carbonyl (C=O) groups is 1. The second-order valence-electron chi connectivity index (χ2n) is 4.30. The molecule has 1 aromatic rings. The van der Waals surface area contributed by atoms with Crippen LogP contribution in [0.25, 0.3) is 0 Å². The normalized spacial score (nSPS) is 24.3. The molecule has 1 fully saturated rings. The van der Waals surface area contributed by atoms with Crippen molar-refractivity contribution in [2.45, 2.75) is 37.1 Å². The number of amides is 1. The van der Waals surface area contributed by atoms with Gasteiger partial charge >= 0.3 is 0 Å². The average Bonchev–Trinajstić information content (AvgIpc) is 2.32. The predicted molar refractivity (Wildman–Crippen MR) is 66.4 cm³/mol. The van der Waals surface area contributed by atoms with Crippen molar-refractivity contribution >= 4 is 17.5 Å². The van der Waals surface area contributed by atoms with Crippen LogP contribution in [-0.4, -0.2) is 22.3 Å². The Bertz CT molecular complexity index is 458. The minimum Gasteiger partial charge on any atom is -0.367 e. The van der Waals surface area contributed by atoms with E-state index in [0.29, 0.717) is 0 Å². The topological polar surface area (TPSA) is 62.0 Å². The highest BCUT2D eigenvalue weighted by atomic mass is 35.5. The Morgan fingerprint density at radius 2 is 2.18 bits per heavy atom. The number of aromatic amines is 1. The van der Waals surface area contributed by atoms with Gasteiger partial charge in [0, 0.05) is 24.5 Å². The van der Waals surface area contributed by atoms with Gasteiger partial charge in [0.2, 0.25) is 0 Å². The van der Waals surface area contributed by atoms with Gasteiger partial charge in [-0.05, 0) is 12.8 Å². The van der Waals surface area contributed by atoms with Crippen LogP contribution in [-0.2, 0) is 0 Å². The standard InChI is InChI=1S/C12H15ClN2O2/c13-9-3-1-2-4-10(9)15-12(17)8-7-14-6-5-11(8)16/h5-7,9-10H,1-4H2,(H,14,16)(H,15,17). The molecule has 0 aliphatic heterocycles. The van der Waals surface area contributed by atoms with Crippen molar-refractivity contribution in [3.8, 4) is 0 Å². The molecule has 17 heavy (non-hydrogen) atoms. The van der Waals surface area contributed by atoms with Gasteiger partial charge in [-0.2, -0.15) is 0 Å². The Hall–Kier alpha value is -1.29. The molecule has 0 bridgehead atoms. The second-order valence-corrected chi connectivity index (χ2v) is 4.86. The Morgan fingerprint density at radius 1 is 1.41 bits per heavy atom. The highest BCUT2D eigenvalue weighted by Crippen LogP contribution is 2.23. The van der Waals surface area contributed by atoms with Crippen LogP contribution < -0.4 is 10.7 Å². The molecule has 0 spiro atoms. The van der Waals surface area contributed by atoms with Crippen LogP contribution in [0, 0.1) is 0 Å².